The van der Waals surface area contributed by atoms with Crippen LogP contribution >= 0.6 is 0 Å². The number of Topliss-reactive ketones (excluding diaryl/α,β-unsaturated/α-hetero) is 1. The molecule has 0 radical (unpaired) electrons. The van der Waals surface area contributed by atoms with E-state index in [0.29, 0.717) is 17.1 Å². The van der Waals surface area contributed by atoms with Gasteiger partial charge in [0.25, 0.3) is 0 Å². The number of carboxylic acid groups (broad SMARTS) is 1. The number of rotatable bonds is 6. The largest absolute Gasteiger partial charge is 0.493 e. The SMILES string of the molecule is COc1ccc(C(=O)[C@H](C)[C@@H](C)C(=O)O)cc1OC. The molecule has 1 N–H and O–H groups in total. The summed E-state index contributed by atoms with van der Waals surface area (Å²) in [6, 6.07) is 4.80. The topological polar surface area (TPSA) is 72.8 Å². The van der Waals surface area contributed by atoms with E-state index in [9.17, 15) is 9.59 Å². The zero-order chi connectivity index (χ0) is 14.6. The molecule has 0 spiro atoms. The van der Waals surface area contributed by atoms with E-state index >= 15 is 0 Å². The van der Waals surface area contributed by atoms with Gasteiger partial charge in [-0.3, -0.25) is 9.59 Å². The van der Waals surface area contributed by atoms with Crippen molar-refractivity contribution in [3.63, 3.8) is 0 Å². The molecular formula is C14H18O5. The van der Waals surface area contributed by atoms with Crippen LogP contribution in [0.5, 0.6) is 11.5 Å². The molecule has 0 amide bonds. The Morgan fingerprint density at radius 1 is 1.05 bits per heavy atom. The van der Waals surface area contributed by atoms with Gasteiger partial charge in [-0.05, 0) is 18.2 Å². The minimum Gasteiger partial charge on any atom is -0.493 e. The van der Waals surface area contributed by atoms with Crippen molar-refractivity contribution in [2.45, 2.75) is 13.8 Å². The van der Waals surface area contributed by atoms with Crippen LogP contribution < -0.4 is 9.47 Å². The molecule has 0 unspecified atom stereocenters. The highest BCUT2D eigenvalue weighted by Crippen LogP contribution is 2.29. The molecule has 0 saturated carbocycles. The molecule has 1 aromatic rings. The molecule has 0 saturated heterocycles. The zero-order valence-corrected chi connectivity index (χ0v) is 11.5. The van der Waals surface area contributed by atoms with Crippen LogP contribution in [0.4, 0.5) is 0 Å². The molecule has 19 heavy (non-hydrogen) atoms. The quantitative estimate of drug-likeness (QED) is 0.799. The normalized spacial score (nSPS) is 13.5. The fraction of sp³-hybridized carbons (Fsp3) is 0.429. The predicted octanol–water partition coefficient (Wildman–Crippen LogP) is 2.24. The Labute approximate surface area is 112 Å². The zero-order valence-electron chi connectivity index (χ0n) is 11.5. The van der Waals surface area contributed by atoms with Crippen LogP contribution in [0.15, 0.2) is 18.2 Å². The Kier molecular flexibility index (Phi) is 4.92. The number of carboxylic acids is 1. The second-order valence-electron chi connectivity index (χ2n) is 4.35. The maximum absolute atomic E-state index is 12.2. The predicted molar refractivity (Wildman–Crippen MR) is 69.8 cm³/mol. The average Bonchev–Trinajstić information content (AvgIpc) is 2.43. The number of carbonyl (C=O) groups is 2. The van der Waals surface area contributed by atoms with Gasteiger partial charge in [-0.2, -0.15) is 0 Å². The van der Waals surface area contributed by atoms with Gasteiger partial charge in [0.05, 0.1) is 20.1 Å². The monoisotopic (exact) mass is 266 g/mol. The highest BCUT2D eigenvalue weighted by atomic mass is 16.5. The van der Waals surface area contributed by atoms with E-state index in [2.05, 4.69) is 0 Å². The summed E-state index contributed by atoms with van der Waals surface area (Å²) in [5.74, 6) is -1.57. The highest BCUT2D eigenvalue weighted by molar-refractivity contribution is 6.00. The summed E-state index contributed by atoms with van der Waals surface area (Å²) >= 11 is 0. The average molecular weight is 266 g/mol. The van der Waals surface area contributed by atoms with Gasteiger partial charge in [0.2, 0.25) is 0 Å². The van der Waals surface area contributed by atoms with Crippen molar-refractivity contribution in [1.82, 2.24) is 0 Å². The number of ketones is 1. The van der Waals surface area contributed by atoms with Crippen molar-refractivity contribution in [3.05, 3.63) is 23.8 Å². The van der Waals surface area contributed by atoms with Gasteiger partial charge in [-0.1, -0.05) is 13.8 Å². The molecule has 0 aliphatic heterocycles. The summed E-state index contributed by atoms with van der Waals surface area (Å²) in [6.45, 7) is 3.13. The molecule has 104 valence electrons. The smallest absolute Gasteiger partial charge is 0.306 e. The molecule has 0 heterocycles. The van der Waals surface area contributed by atoms with E-state index in [4.69, 9.17) is 14.6 Å². The van der Waals surface area contributed by atoms with E-state index < -0.39 is 17.8 Å². The molecular weight excluding hydrogens is 248 g/mol. The Balaban J connectivity index is 3.03. The van der Waals surface area contributed by atoms with Crippen molar-refractivity contribution < 1.29 is 24.2 Å². The van der Waals surface area contributed by atoms with E-state index in [1.165, 1.54) is 21.1 Å². The minimum absolute atomic E-state index is 0.226. The second-order valence-corrected chi connectivity index (χ2v) is 4.35. The first-order chi connectivity index (χ1) is 8.92. The van der Waals surface area contributed by atoms with Crippen LogP contribution in [-0.4, -0.2) is 31.1 Å². The third-order valence-electron chi connectivity index (χ3n) is 3.22. The van der Waals surface area contributed by atoms with E-state index in [1.807, 2.05) is 0 Å². The number of benzene rings is 1. The van der Waals surface area contributed by atoms with Crippen molar-refractivity contribution in [3.8, 4) is 11.5 Å². The first kappa shape index (κ1) is 15.0. The summed E-state index contributed by atoms with van der Waals surface area (Å²) in [5.41, 5.74) is 0.415. The molecule has 0 aliphatic rings. The summed E-state index contributed by atoms with van der Waals surface area (Å²) in [5, 5.41) is 8.93. The van der Waals surface area contributed by atoms with Crippen LogP contribution in [0.3, 0.4) is 0 Å². The first-order valence-corrected chi connectivity index (χ1v) is 5.91. The maximum atomic E-state index is 12.2. The molecule has 5 heteroatoms. The lowest BCUT2D eigenvalue weighted by atomic mass is 9.88. The summed E-state index contributed by atoms with van der Waals surface area (Å²) < 4.78 is 10.2. The minimum atomic E-state index is -0.985. The Bertz CT molecular complexity index is 481. The van der Waals surface area contributed by atoms with Crippen molar-refractivity contribution in [1.29, 1.82) is 0 Å². The van der Waals surface area contributed by atoms with Gasteiger partial charge in [-0.25, -0.2) is 0 Å². The number of carbonyl (C=O) groups excluding carboxylic acids is 1. The Hall–Kier alpha value is -2.04. The third-order valence-corrected chi connectivity index (χ3v) is 3.22. The molecule has 2 atom stereocenters. The Morgan fingerprint density at radius 3 is 2.11 bits per heavy atom. The fourth-order valence-corrected chi connectivity index (χ4v) is 1.69. The van der Waals surface area contributed by atoms with Crippen molar-refractivity contribution in [2.24, 2.45) is 11.8 Å². The lowest BCUT2D eigenvalue weighted by Gasteiger charge is -2.16. The fourth-order valence-electron chi connectivity index (χ4n) is 1.69. The number of hydrogen-bond donors (Lipinski definition) is 1. The highest BCUT2D eigenvalue weighted by Gasteiger charge is 2.27. The van der Waals surface area contributed by atoms with Crippen molar-refractivity contribution >= 4 is 11.8 Å². The molecule has 0 aliphatic carbocycles. The molecule has 0 fully saturated rings. The summed E-state index contributed by atoms with van der Waals surface area (Å²) in [6.07, 6.45) is 0. The molecule has 0 aromatic heterocycles. The van der Waals surface area contributed by atoms with Gasteiger partial charge in [0.15, 0.2) is 17.3 Å². The molecule has 5 nitrogen and oxygen atoms in total. The molecule has 0 bridgehead atoms. The van der Waals surface area contributed by atoms with Crippen LogP contribution in [0.2, 0.25) is 0 Å². The van der Waals surface area contributed by atoms with Crippen LogP contribution in [-0.2, 0) is 4.79 Å². The number of methoxy groups -OCH3 is 2. The third kappa shape index (κ3) is 3.24. The van der Waals surface area contributed by atoms with Gasteiger partial charge < -0.3 is 14.6 Å². The number of hydrogen-bond acceptors (Lipinski definition) is 4. The second kappa shape index (κ2) is 6.22. The summed E-state index contributed by atoms with van der Waals surface area (Å²) in [4.78, 5) is 23.1. The lowest BCUT2D eigenvalue weighted by Crippen LogP contribution is -2.25. The van der Waals surface area contributed by atoms with E-state index in [0.717, 1.165) is 0 Å². The molecule has 1 aromatic carbocycles. The van der Waals surface area contributed by atoms with Crippen LogP contribution in [0, 0.1) is 11.8 Å². The van der Waals surface area contributed by atoms with Gasteiger partial charge in [0.1, 0.15) is 0 Å². The van der Waals surface area contributed by atoms with Crippen molar-refractivity contribution in [2.75, 3.05) is 14.2 Å². The van der Waals surface area contributed by atoms with Crippen LogP contribution in [0.1, 0.15) is 24.2 Å². The van der Waals surface area contributed by atoms with E-state index in [1.54, 1.807) is 25.1 Å². The van der Waals surface area contributed by atoms with Gasteiger partial charge in [0, 0.05) is 11.5 Å². The maximum Gasteiger partial charge on any atom is 0.306 e. The van der Waals surface area contributed by atoms with E-state index in [-0.39, 0.29) is 5.78 Å². The first-order valence-electron chi connectivity index (χ1n) is 5.91. The lowest BCUT2D eigenvalue weighted by molar-refractivity contribution is -0.142. The Morgan fingerprint density at radius 2 is 1.63 bits per heavy atom. The molecule has 1 rings (SSSR count). The van der Waals surface area contributed by atoms with Gasteiger partial charge >= 0.3 is 5.97 Å². The standard InChI is InChI=1S/C14H18O5/c1-8(9(2)14(16)17)13(15)10-5-6-11(18-3)12(7-10)19-4/h5-9H,1-4H3,(H,16,17)/t8-,9-/m1/s1. The number of ether oxygens (including phenoxy) is 2. The number of aliphatic carboxylic acids is 1. The summed E-state index contributed by atoms with van der Waals surface area (Å²) in [7, 11) is 2.99. The van der Waals surface area contributed by atoms with Crippen LogP contribution in [0.25, 0.3) is 0 Å². The van der Waals surface area contributed by atoms with Gasteiger partial charge in [-0.15, -0.1) is 0 Å².